The van der Waals surface area contributed by atoms with Gasteiger partial charge in [0, 0.05) is 26.1 Å². The summed E-state index contributed by atoms with van der Waals surface area (Å²) in [6.07, 6.45) is 4.11. The Labute approximate surface area is 135 Å². The van der Waals surface area contributed by atoms with Crippen LogP contribution in [-0.4, -0.2) is 41.6 Å². The van der Waals surface area contributed by atoms with Crippen molar-refractivity contribution in [2.24, 2.45) is 0 Å². The Balaban J connectivity index is 1.46. The van der Waals surface area contributed by atoms with Crippen molar-refractivity contribution in [3.8, 4) is 0 Å². The summed E-state index contributed by atoms with van der Waals surface area (Å²) < 4.78 is 6.67. The number of rotatable bonds is 6. The molecule has 0 unspecified atom stereocenters. The highest BCUT2D eigenvalue weighted by molar-refractivity contribution is 5.76. The van der Waals surface area contributed by atoms with Crippen molar-refractivity contribution in [2.75, 3.05) is 26.2 Å². The lowest BCUT2D eigenvalue weighted by atomic mass is 10.1. The lowest BCUT2D eigenvalue weighted by Crippen LogP contribution is -2.38. The molecule has 2 heterocycles. The van der Waals surface area contributed by atoms with Gasteiger partial charge < -0.3 is 14.6 Å². The minimum atomic E-state index is -0.410. The van der Waals surface area contributed by atoms with E-state index in [2.05, 4.69) is 10.2 Å². The van der Waals surface area contributed by atoms with Gasteiger partial charge in [0.25, 0.3) is 0 Å². The van der Waals surface area contributed by atoms with Crippen LogP contribution >= 0.6 is 0 Å². The third-order valence-corrected chi connectivity index (χ3v) is 4.34. The molecular weight excluding hydrogens is 294 g/mol. The monoisotopic (exact) mass is 317 g/mol. The summed E-state index contributed by atoms with van der Waals surface area (Å²) in [5.74, 6) is -0.438. The molecule has 23 heavy (non-hydrogen) atoms. The third-order valence-electron chi connectivity index (χ3n) is 4.34. The maximum Gasteiger partial charge on any atom is 0.419 e. The second-order valence-electron chi connectivity index (χ2n) is 5.99. The summed E-state index contributed by atoms with van der Waals surface area (Å²) in [7, 11) is 0. The van der Waals surface area contributed by atoms with E-state index in [-0.39, 0.29) is 12.3 Å². The van der Waals surface area contributed by atoms with Crippen LogP contribution in [-0.2, 0) is 11.3 Å². The van der Waals surface area contributed by atoms with Crippen LogP contribution in [0.3, 0.4) is 0 Å². The van der Waals surface area contributed by atoms with Crippen molar-refractivity contribution in [1.82, 2.24) is 14.8 Å². The number of hydrogen-bond acceptors (Lipinski definition) is 4. The summed E-state index contributed by atoms with van der Waals surface area (Å²) in [6, 6.07) is 7.26. The number of hydrogen-bond donors (Lipinski definition) is 1. The molecule has 0 radical (unpaired) electrons. The Bertz CT molecular complexity index is 713. The minimum absolute atomic E-state index is 0.0285. The fraction of sp³-hybridized carbons (Fsp3) is 0.529. The van der Waals surface area contributed by atoms with E-state index in [4.69, 9.17) is 4.42 Å². The standard InChI is InChI=1S/C17H23N3O3/c21-16(18-9-13-19-10-4-1-5-11-19)8-12-20-14-6-2-3-7-15(14)23-17(20)22/h2-3,6-7H,1,4-5,8-13H2,(H,18,21). The molecule has 0 saturated carbocycles. The van der Waals surface area contributed by atoms with Gasteiger partial charge in [-0.15, -0.1) is 0 Å². The van der Waals surface area contributed by atoms with Gasteiger partial charge in [0.05, 0.1) is 5.52 Å². The zero-order valence-corrected chi connectivity index (χ0v) is 13.3. The summed E-state index contributed by atoms with van der Waals surface area (Å²) >= 11 is 0. The van der Waals surface area contributed by atoms with Crippen LogP contribution in [0.2, 0.25) is 0 Å². The lowest BCUT2D eigenvalue weighted by Gasteiger charge is -2.26. The molecule has 124 valence electrons. The first-order valence-electron chi connectivity index (χ1n) is 8.31. The first-order chi connectivity index (χ1) is 11.2. The number of piperidine rings is 1. The molecule has 1 aromatic heterocycles. The SMILES string of the molecule is O=C(CCn1c(=O)oc2ccccc21)NCCN1CCCCC1. The number of fused-ring (bicyclic) bond motifs is 1. The molecule has 0 aliphatic carbocycles. The van der Waals surface area contributed by atoms with Crippen LogP contribution in [0.5, 0.6) is 0 Å². The molecule has 2 aromatic rings. The number of benzene rings is 1. The summed E-state index contributed by atoms with van der Waals surface area (Å²) in [4.78, 5) is 26.2. The van der Waals surface area contributed by atoms with E-state index in [0.717, 1.165) is 25.2 Å². The fourth-order valence-electron chi connectivity index (χ4n) is 3.06. The van der Waals surface area contributed by atoms with Crippen molar-refractivity contribution in [1.29, 1.82) is 0 Å². The second kappa shape index (κ2) is 7.46. The lowest BCUT2D eigenvalue weighted by molar-refractivity contribution is -0.121. The molecule has 1 aliphatic heterocycles. The molecule has 1 aromatic carbocycles. The number of carbonyl (C=O) groups is 1. The smallest absolute Gasteiger partial charge is 0.408 e. The first kappa shape index (κ1) is 15.8. The normalized spacial score (nSPS) is 15.8. The summed E-state index contributed by atoms with van der Waals surface area (Å²) in [5.41, 5.74) is 1.29. The average molecular weight is 317 g/mol. The molecule has 1 aliphatic rings. The molecule has 0 spiro atoms. The molecule has 1 fully saturated rings. The van der Waals surface area contributed by atoms with Gasteiger partial charge in [0.15, 0.2) is 5.58 Å². The van der Waals surface area contributed by atoms with Gasteiger partial charge in [0.1, 0.15) is 0 Å². The number of aromatic nitrogens is 1. The van der Waals surface area contributed by atoms with E-state index in [1.807, 2.05) is 18.2 Å². The van der Waals surface area contributed by atoms with Crippen LogP contribution in [0, 0.1) is 0 Å². The molecule has 1 N–H and O–H groups in total. The second-order valence-corrected chi connectivity index (χ2v) is 5.99. The number of amides is 1. The summed E-state index contributed by atoms with van der Waals surface area (Å²) in [5, 5.41) is 2.93. The van der Waals surface area contributed by atoms with Gasteiger partial charge in [-0.1, -0.05) is 18.6 Å². The predicted molar refractivity (Wildman–Crippen MR) is 88.4 cm³/mol. The number of nitrogens with zero attached hydrogens (tertiary/aromatic N) is 2. The van der Waals surface area contributed by atoms with Crippen LogP contribution in [0.15, 0.2) is 33.5 Å². The maximum atomic E-state index is 12.0. The van der Waals surface area contributed by atoms with E-state index in [0.29, 0.717) is 18.7 Å². The van der Waals surface area contributed by atoms with Crippen molar-refractivity contribution >= 4 is 17.0 Å². The summed E-state index contributed by atoms with van der Waals surface area (Å²) in [6.45, 7) is 4.17. The van der Waals surface area contributed by atoms with E-state index in [1.54, 1.807) is 6.07 Å². The van der Waals surface area contributed by atoms with Gasteiger partial charge in [-0.3, -0.25) is 9.36 Å². The highest BCUT2D eigenvalue weighted by Gasteiger charge is 2.12. The Morgan fingerprint density at radius 2 is 1.91 bits per heavy atom. The number of likely N-dealkylation sites (tertiary alicyclic amines) is 1. The largest absolute Gasteiger partial charge is 0.419 e. The molecule has 1 saturated heterocycles. The van der Waals surface area contributed by atoms with Crippen molar-refractivity contribution in [3.63, 3.8) is 0 Å². The minimum Gasteiger partial charge on any atom is -0.408 e. The van der Waals surface area contributed by atoms with Gasteiger partial charge in [-0.25, -0.2) is 4.79 Å². The fourth-order valence-corrected chi connectivity index (χ4v) is 3.06. The van der Waals surface area contributed by atoms with Gasteiger partial charge in [-0.2, -0.15) is 0 Å². The zero-order valence-electron chi connectivity index (χ0n) is 13.3. The van der Waals surface area contributed by atoms with Gasteiger partial charge in [-0.05, 0) is 38.1 Å². The number of oxazole rings is 1. The topological polar surface area (TPSA) is 67.5 Å². The molecule has 0 bridgehead atoms. The number of nitrogens with one attached hydrogen (secondary N) is 1. The number of carbonyl (C=O) groups excluding carboxylic acids is 1. The number of aryl methyl sites for hydroxylation is 1. The van der Waals surface area contributed by atoms with Crippen LogP contribution in [0.4, 0.5) is 0 Å². The Hall–Kier alpha value is -2.08. The highest BCUT2D eigenvalue weighted by Crippen LogP contribution is 2.12. The molecule has 6 nitrogen and oxygen atoms in total. The van der Waals surface area contributed by atoms with E-state index in [9.17, 15) is 9.59 Å². The molecule has 1 amide bonds. The van der Waals surface area contributed by atoms with Crippen LogP contribution < -0.4 is 11.1 Å². The highest BCUT2D eigenvalue weighted by atomic mass is 16.4. The predicted octanol–water partition coefficient (Wildman–Crippen LogP) is 1.59. The molecule has 6 heteroatoms. The van der Waals surface area contributed by atoms with Gasteiger partial charge >= 0.3 is 5.76 Å². The Morgan fingerprint density at radius 1 is 1.13 bits per heavy atom. The van der Waals surface area contributed by atoms with E-state index in [1.165, 1.54) is 23.8 Å². The Kier molecular flexibility index (Phi) is 5.12. The van der Waals surface area contributed by atoms with E-state index < -0.39 is 5.76 Å². The molecule has 0 atom stereocenters. The van der Waals surface area contributed by atoms with Crippen molar-refractivity contribution < 1.29 is 9.21 Å². The van der Waals surface area contributed by atoms with Crippen molar-refractivity contribution in [2.45, 2.75) is 32.2 Å². The van der Waals surface area contributed by atoms with E-state index >= 15 is 0 Å². The first-order valence-corrected chi connectivity index (χ1v) is 8.31. The number of para-hydroxylation sites is 2. The molecule has 3 rings (SSSR count). The average Bonchev–Trinajstić information content (AvgIpc) is 2.89. The van der Waals surface area contributed by atoms with Crippen molar-refractivity contribution in [3.05, 3.63) is 34.8 Å². The maximum absolute atomic E-state index is 12.0. The Morgan fingerprint density at radius 3 is 2.74 bits per heavy atom. The third kappa shape index (κ3) is 4.01. The quantitative estimate of drug-likeness (QED) is 0.878. The van der Waals surface area contributed by atoms with Gasteiger partial charge in [0.2, 0.25) is 5.91 Å². The molecular formula is C17H23N3O3. The zero-order chi connectivity index (χ0) is 16.1. The van der Waals surface area contributed by atoms with Crippen LogP contribution in [0.1, 0.15) is 25.7 Å². The van der Waals surface area contributed by atoms with Crippen LogP contribution in [0.25, 0.3) is 11.1 Å².